The van der Waals surface area contributed by atoms with E-state index in [4.69, 9.17) is 15.0 Å². The largest absolute Gasteiger partial charge is 0.494 e. The third-order valence-electron chi connectivity index (χ3n) is 7.30. The zero-order chi connectivity index (χ0) is 19.9. The summed E-state index contributed by atoms with van der Waals surface area (Å²) in [4.78, 5) is 5.25. The van der Waals surface area contributed by atoms with E-state index in [0.717, 1.165) is 23.7 Å². The molecule has 0 unspecified atom stereocenters. The molecular formula is C22H36BN3O2. The van der Waals surface area contributed by atoms with Crippen LogP contribution in [-0.2, 0) is 15.9 Å². The van der Waals surface area contributed by atoms with Gasteiger partial charge in [-0.15, -0.1) is 0 Å². The van der Waals surface area contributed by atoms with Crippen LogP contribution in [0, 0.1) is 0 Å². The highest BCUT2D eigenvalue weighted by molar-refractivity contribution is 6.62. The van der Waals surface area contributed by atoms with Crippen molar-refractivity contribution in [3.05, 3.63) is 23.8 Å². The van der Waals surface area contributed by atoms with Crippen molar-refractivity contribution in [3.63, 3.8) is 0 Å². The number of anilines is 1. The monoisotopic (exact) mass is 385 g/mol. The summed E-state index contributed by atoms with van der Waals surface area (Å²) in [5.41, 5.74) is 8.82. The van der Waals surface area contributed by atoms with Gasteiger partial charge >= 0.3 is 7.12 Å². The van der Waals surface area contributed by atoms with Crippen molar-refractivity contribution in [2.45, 2.75) is 77.2 Å². The minimum absolute atomic E-state index is 0.329. The second-order valence-electron chi connectivity index (χ2n) is 9.80. The molecule has 1 aromatic carbocycles. The van der Waals surface area contributed by atoms with Crippen molar-refractivity contribution in [2.75, 3.05) is 31.9 Å². The first-order chi connectivity index (χ1) is 13.2. The van der Waals surface area contributed by atoms with Crippen LogP contribution in [0.4, 0.5) is 5.69 Å². The van der Waals surface area contributed by atoms with Crippen molar-refractivity contribution in [1.82, 2.24) is 9.80 Å². The van der Waals surface area contributed by atoms with Crippen LogP contribution >= 0.6 is 0 Å². The van der Waals surface area contributed by atoms with E-state index in [1.165, 1.54) is 57.4 Å². The molecule has 0 amide bonds. The van der Waals surface area contributed by atoms with Gasteiger partial charge in [-0.1, -0.05) is 12.1 Å². The van der Waals surface area contributed by atoms with Gasteiger partial charge in [-0.05, 0) is 96.6 Å². The molecule has 3 heterocycles. The molecule has 28 heavy (non-hydrogen) atoms. The van der Waals surface area contributed by atoms with Crippen LogP contribution in [0.3, 0.4) is 0 Å². The van der Waals surface area contributed by atoms with Gasteiger partial charge in [0.2, 0.25) is 0 Å². The zero-order valence-corrected chi connectivity index (χ0v) is 18.0. The number of hydrogen-bond donors (Lipinski definition) is 1. The fourth-order valence-corrected chi connectivity index (χ4v) is 4.67. The van der Waals surface area contributed by atoms with E-state index in [1.54, 1.807) is 0 Å². The van der Waals surface area contributed by atoms with E-state index in [-0.39, 0.29) is 18.3 Å². The number of nitrogen functional groups attached to an aromatic ring is 1. The Bertz CT molecular complexity index is 679. The lowest BCUT2D eigenvalue weighted by molar-refractivity contribution is 0.00578. The second-order valence-corrected chi connectivity index (χ2v) is 9.80. The number of piperidine rings is 1. The molecule has 0 atom stereocenters. The highest BCUT2D eigenvalue weighted by Crippen LogP contribution is 2.36. The summed E-state index contributed by atoms with van der Waals surface area (Å²) in [6.45, 7) is 14.2. The summed E-state index contributed by atoms with van der Waals surface area (Å²) in [7, 11) is -0.349. The van der Waals surface area contributed by atoms with Crippen LogP contribution in [0.5, 0.6) is 0 Å². The third kappa shape index (κ3) is 3.97. The Kier molecular flexibility index (Phi) is 5.51. The van der Waals surface area contributed by atoms with Crippen molar-refractivity contribution in [1.29, 1.82) is 0 Å². The van der Waals surface area contributed by atoms with Gasteiger partial charge in [-0.2, -0.15) is 0 Å². The van der Waals surface area contributed by atoms with Crippen molar-refractivity contribution < 1.29 is 9.31 Å². The average molecular weight is 385 g/mol. The molecule has 6 heteroatoms. The number of hydrogen-bond acceptors (Lipinski definition) is 5. The first-order valence-electron chi connectivity index (χ1n) is 11.0. The first kappa shape index (κ1) is 20.2. The van der Waals surface area contributed by atoms with Gasteiger partial charge in [0.25, 0.3) is 0 Å². The molecule has 0 saturated carbocycles. The topological polar surface area (TPSA) is 51.0 Å². The van der Waals surface area contributed by atoms with E-state index in [2.05, 4.69) is 49.6 Å². The lowest BCUT2D eigenvalue weighted by atomic mass is 9.78. The smallest absolute Gasteiger partial charge is 0.399 e. The van der Waals surface area contributed by atoms with Gasteiger partial charge < -0.3 is 19.9 Å². The van der Waals surface area contributed by atoms with E-state index in [0.29, 0.717) is 0 Å². The Morgan fingerprint density at radius 3 is 2.18 bits per heavy atom. The molecule has 2 N–H and O–H groups in total. The Morgan fingerprint density at radius 2 is 1.61 bits per heavy atom. The van der Waals surface area contributed by atoms with Crippen molar-refractivity contribution in [2.24, 2.45) is 0 Å². The highest BCUT2D eigenvalue weighted by atomic mass is 16.7. The van der Waals surface area contributed by atoms with Gasteiger partial charge in [-0.25, -0.2) is 0 Å². The molecular weight excluding hydrogens is 349 g/mol. The molecule has 3 saturated heterocycles. The van der Waals surface area contributed by atoms with E-state index >= 15 is 0 Å². The summed E-state index contributed by atoms with van der Waals surface area (Å²) in [5.74, 6) is 0. The van der Waals surface area contributed by atoms with Gasteiger partial charge in [-0.3, -0.25) is 4.90 Å². The molecule has 0 spiro atoms. The normalized spacial score (nSPS) is 26.2. The van der Waals surface area contributed by atoms with E-state index in [9.17, 15) is 0 Å². The summed E-state index contributed by atoms with van der Waals surface area (Å²) in [6.07, 6.45) is 5.33. The highest BCUT2D eigenvalue weighted by Gasteiger charge is 2.51. The number of nitrogens with two attached hydrogens (primary N) is 1. The molecule has 3 fully saturated rings. The Morgan fingerprint density at radius 1 is 1.00 bits per heavy atom. The summed E-state index contributed by atoms with van der Waals surface area (Å²) in [5, 5.41) is 0. The van der Waals surface area contributed by atoms with Crippen LogP contribution in [-0.4, -0.2) is 60.3 Å². The SMILES string of the molecule is CC1(C)OB(c2ccc(CN3CCC(N4CCCC4)CC3)c(N)c2)OC1(C)C. The molecule has 0 aromatic heterocycles. The second kappa shape index (κ2) is 7.64. The predicted octanol–water partition coefficient (Wildman–Crippen LogP) is 2.63. The van der Waals surface area contributed by atoms with Crippen molar-refractivity contribution in [3.8, 4) is 0 Å². The minimum atomic E-state index is -0.349. The van der Waals surface area contributed by atoms with Crippen LogP contribution in [0.25, 0.3) is 0 Å². The maximum Gasteiger partial charge on any atom is 0.494 e. The van der Waals surface area contributed by atoms with Crippen molar-refractivity contribution >= 4 is 18.3 Å². The quantitative estimate of drug-likeness (QED) is 0.638. The number of likely N-dealkylation sites (tertiary alicyclic amines) is 2. The van der Waals surface area contributed by atoms with E-state index in [1.807, 2.05) is 6.07 Å². The first-order valence-corrected chi connectivity index (χ1v) is 11.0. The minimum Gasteiger partial charge on any atom is -0.399 e. The Labute approximate surface area is 170 Å². The fourth-order valence-electron chi connectivity index (χ4n) is 4.67. The molecule has 5 nitrogen and oxygen atoms in total. The number of benzene rings is 1. The number of rotatable bonds is 4. The maximum absolute atomic E-state index is 6.42. The molecule has 1 aromatic rings. The predicted molar refractivity (Wildman–Crippen MR) is 116 cm³/mol. The Hall–Kier alpha value is -1.08. The molecule has 4 rings (SSSR count). The van der Waals surface area contributed by atoms with Gasteiger partial charge in [0.15, 0.2) is 0 Å². The van der Waals surface area contributed by atoms with E-state index < -0.39 is 0 Å². The van der Waals surface area contributed by atoms with Crippen LogP contribution in [0.1, 0.15) is 58.9 Å². The molecule has 3 aliphatic heterocycles. The molecule has 3 aliphatic rings. The molecule has 154 valence electrons. The molecule has 0 aliphatic carbocycles. The summed E-state index contributed by atoms with van der Waals surface area (Å²) < 4.78 is 12.3. The Balaban J connectivity index is 1.35. The fraction of sp³-hybridized carbons (Fsp3) is 0.727. The average Bonchev–Trinajstić information content (AvgIpc) is 3.24. The third-order valence-corrected chi connectivity index (χ3v) is 7.30. The molecule has 0 bridgehead atoms. The lowest BCUT2D eigenvalue weighted by Crippen LogP contribution is -2.43. The molecule has 0 radical (unpaired) electrons. The number of nitrogens with zero attached hydrogens (tertiary/aromatic N) is 2. The standard InChI is InChI=1S/C22H36BN3O2/c1-21(2)22(3,4)28-23(27-21)18-8-7-17(20(24)15-18)16-25-13-9-19(10-14-25)26-11-5-6-12-26/h7-8,15,19H,5-6,9-14,16,24H2,1-4H3. The van der Waals surface area contributed by atoms with Crippen LogP contribution in [0.15, 0.2) is 18.2 Å². The van der Waals surface area contributed by atoms with Crippen LogP contribution in [0.2, 0.25) is 0 Å². The van der Waals surface area contributed by atoms with Gasteiger partial charge in [0, 0.05) is 18.3 Å². The summed E-state index contributed by atoms with van der Waals surface area (Å²) >= 11 is 0. The van der Waals surface area contributed by atoms with Crippen LogP contribution < -0.4 is 11.2 Å². The van der Waals surface area contributed by atoms with Gasteiger partial charge in [0.1, 0.15) is 0 Å². The summed E-state index contributed by atoms with van der Waals surface area (Å²) in [6, 6.07) is 7.10. The maximum atomic E-state index is 6.42. The van der Waals surface area contributed by atoms with Gasteiger partial charge in [0.05, 0.1) is 11.2 Å². The zero-order valence-electron chi connectivity index (χ0n) is 18.0. The lowest BCUT2D eigenvalue weighted by Gasteiger charge is -2.36.